The van der Waals surface area contributed by atoms with Crippen molar-refractivity contribution in [3.63, 3.8) is 0 Å². The number of aromatic amines is 2. The van der Waals surface area contributed by atoms with E-state index in [2.05, 4.69) is 25.5 Å². The highest BCUT2D eigenvalue weighted by Gasteiger charge is 2.14. The fourth-order valence-corrected chi connectivity index (χ4v) is 3.11. The summed E-state index contributed by atoms with van der Waals surface area (Å²) in [6.07, 6.45) is 0. The average Bonchev–Trinajstić information content (AvgIpc) is 3.40. The average molecular weight is 407 g/mol. The molecule has 0 radical (unpaired) electrons. The van der Waals surface area contributed by atoms with Gasteiger partial charge in [-0.2, -0.15) is 5.10 Å². The van der Waals surface area contributed by atoms with Crippen molar-refractivity contribution in [2.45, 2.75) is 6.61 Å². The second-order valence-electron chi connectivity index (χ2n) is 6.55. The lowest BCUT2D eigenvalue weighted by Gasteiger charge is -2.06. The molecule has 1 amide bonds. The summed E-state index contributed by atoms with van der Waals surface area (Å²) in [5, 5.41) is 10.7. The Morgan fingerprint density at radius 1 is 1.03 bits per heavy atom. The van der Waals surface area contributed by atoms with Crippen molar-refractivity contribution in [2.24, 2.45) is 0 Å². The summed E-state index contributed by atoms with van der Waals surface area (Å²) >= 11 is 0. The molecular weight excluding hydrogens is 386 g/mol. The first-order valence-corrected chi connectivity index (χ1v) is 9.18. The monoisotopic (exact) mass is 407 g/mol. The highest BCUT2D eigenvalue weighted by Crippen LogP contribution is 2.32. The van der Waals surface area contributed by atoms with Gasteiger partial charge in [0.25, 0.3) is 5.91 Å². The van der Waals surface area contributed by atoms with Gasteiger partial charge >= 0.3 is 0 Å². The summed E-state index contributed by atoms with van der Waals surface area (Å²) in [4.78, 5) is 20.1. The number of fused-ring (bicyclic) bond motifs is 1. The maximum absolute atomic E-state index is 12.7. The molecule has 4 aromatic rings. The third-order valence-corrected chi connectivity index (χ3v) is 4.58. The van der Waals surface area contributed by atoms with Crippen LogP contribution in [0.15, 0.2) is 42.5 Å². The fraction of sp³-hybridized carbons (Fsp3) is 0.190. The number of aromatic nitrogens is 4. The van der Waals surface area contributed by atoms with Crippen LogP contribution in [0, 0.1) is 0 Å². The fourth-order valence-electron chi connectivity index (χ4n) is 3.11. The van der Waals surface area contributed by atoms with Gasteiger partial charge in [0, 0.05) is 35.3 Å². The summed E-state index contributed by atoms with van der Waals surface area (Å²) in [6.45, 7) is 0.364. The molecule has 0 fully saturated rings. The third kappa shape index (κ3) is 3.83. The Labute approximate surface area is 172 Å². The van der Waals surface area contributed by atoms with E-state index >= 15 is 0 Å². The van der Waals surface area contributed by atoms with Gasteiger partial charge in [0.1, 0.15) is 12.3 Å². The number of H-pyrrole nitrogens is 2. The molecule has 154 valence electrons. The van der Waals surface area contributed by atoms with Crippen molar-refractivity contribution < 1.29 is 19.0 Å². The van der Waals surface area contributed by atoms with E-state index in [1.165, 1.54) is 0 Å². The number of benzene rings is 2. The van der Waals surface area contributed by atoms with Crippen LogP contribution >= 0.6 is 0 Å². The van der Waals surface area contributed by atoms with Crippen LogP contribution in [0.5, 0.6) is 11.5 Å². The van der Waals surface area contributed by atoms with Gasteiger partial charge in [-0.3, -0.25) is 9.89 Å². The van der Waals surface area contributed by atoms with Crippen LogP contribution in [-0.2, 0) is 11.3 Å². The molecule has 3 N–H and O–H groups in total. The molecule has 0 aliphatic carbocycles. The number of hydrogen-bond donors (Lipinski definition) is 3. The maximum Gasteiger partial charge on any atom is 0.272 e. The topological polar surface area (TPSA) is 114 Å². The van der Waals surface area contributed by atoms with E-state index in [1.54, 1.807) is 45.6 Å². The number of anilines is 1. The molecule has 2 aromatic heterocycles. The van der Waals surface area contributed by atoms with Crippen molar-refractivity contribution in [3.8, 4) is 22.9 Å². The molecule has 9 heteroatoms. The number of nitrogens with one attached hydrogen (secondary N) is 3. The van der Waals surface area contributed by atoms with E-state index in [9.17, 15) is 4.79 Å². The summed E-state index contributed by atoms with van der Waals surface area (Å²) in [6, 6.07) is 12.7. The Morgan fingerprint density at radius 3 is 2.47 bits per heavy atom. The van der Waals surface area contributed by atoms with E-state index in [-0.39, 0.29) is 5.91 Å². The predicted molar refractivity (Wildman–Crippen MR) is 112 cm³/mol. The van der Waals surface area contributed by atoms with Crippen LogP contribution in [0.1, 0.15) is 16.3 Å². The van der Waals surface area contributed by atoms with Gasteiger partial charge in [-0.15, -0.1) is 0 Å². The quantitative estimate of drug-likeness (QED) is 0.433. The molecular formula is C21H21N5O4. The zero-order valence-electron chi connectivity index (χ0n) is 16.8. The second-order valence-corrected chi connectivity index (χ2v) is 6.55. The molecule has 9 nitrogen and oxygen atoms in total. The molecule has 2 heterocycles. The molecule has 0 saturated heterocycles. The zero-order chi connectivity index (χ0) is 21.1. The van der Waals surface area contributed by atoms with Crippen LogP contribution in [0.25, 0.3) is 22.3 Å². The van der Waals surface area contributed by atoms with Crippen LogP contribution in [0.2, 0.25) is 0 Å². The molecule has 30 heavy (non-hydrogen) atoms. The Bertz CT molecular complexity index is 1140. The Balaban J connectivity index is 1.50. The second kappa shape index (κ2) is 8.26. The van der Waals surface area contributed by atoms with Crippen LogP contribution < -0.4 is 14.8 Å². The third-order valence-electron chi connectivity index (χ3n) is 4.58. The minimum atomic E-state index is -0.253. The van der Waals surface area contributed by atoms with Gasteiger partial charge in [-0.1, -0.05) is 0 Å². The van der Waals surface area contributed by atoms with Gasteiger partial charge in [0.2, 0.25) is 0 Å². The first kappa shape index (κ1) is 19.5. The number of ether oxygens (including phenoxy) is 3. The molecule has 0 aliphatic rings. The number of nitrogens with zero attached hydrogens (tertiary/aromatic N) is 2. The first-order valence-electron chi connectivity index (χ1n) is 9.18. The molecule has 0 atom stereocenters. The van der Waals surface area contributed by atoms with E-state index in [4.69, 9.17) is 14.2 Å². The Hall–Kier alpha value is -3.85. The van der Waals surface area contributed by atoms with Gasteiger partial charge in [-0.25, -0.2) is 4.98 Å². The molecule has 0 spiro atoms. The highest BCUT2D eigenvalue weighted by molar-refractivity contribution is 6.06. The van der Waals surface area contributed by atoms with Crippen molar-refractivity contribution in [2.75, 3.05) is 26.6 Å². The summed E-state index contributed by atoms with van der Waals surface area (Å²) in [5.74, 6) is 2.16. The van der Waals surface area contributed by atoms with E-state index in [0.717, 1.165) is 16.5 Å². The SMILES string of the molecule is COCc1nc(-c2ccc(NC(=O)c3cc4cc(OC)c(OC)cc4[nH]3)cc2)n[nH]1. The van der Waals surface area contributed by atoms with Crippen molar-refractivity contribution in [1.29, 1.82) is 0 Å². The highest BCUT2D eigenvalue weighted by atomic mass is 16.5. The largest absolute Gasteiger partial charge is 0.493 e. The number of methoxy groups -OCH3 is 3. The van der Waals surface area contributed by atoms with Gasteiger partial charge in [0.15, 0.2) is 23.1 Å². The molecule has 0 bridgehead atoms. The van der Waals surface area contributed by atoms with Crippen molar-refractivity contribution in [3.05, 3.63) is 54.0 Å². The van der Waals surface area contributed by atoms with E-state index in [1.807, 2.05) is 18.2 Å². The first-order chi connectivity index (χ1) is 14.6. The molecule has 4 rings (SSSR count). The minimum Gasteiger partial charge on any atom is -0.493 e. The number of amides is 1. The van der Waals surface area contributed by atoms with E-state index < -0.39 is 0 Å². The molecule has 2 aromatic carbocycles. The zero-order valence-corrected chi connectivity index (χ0v) is 16.8. The predicted octanol–water partition coefficient (Wildman–Crippen LogP) is 3.37. The number of rotatable bonds is 7. The van der Waals surface area contributed by atoms with Crippen LogP contribution in [0.3, 0.4) is 0 Å². The van der Waals surface area contributed by atoms with Gasteiger partial charge in [0.05, 0.1) is 14.2 Å². The maximum atomic E-state index is 12.7. The Morgan fingerprint density at radius 2 is 1.77 bits per heavy atom. The van der Waals surface area contributed by atoms with E-state index in [0.29, 0.717) is 41.1 Å². The number of carbonyl (C=O) groups excluding carboxylic acids is 1. The Kier molecular flexibility index (Phi) is 5.36. The lowest BCUT2D eigenvalue weighted by atomic mass is 10.2. The number of hydrogen-bond acceptors (Lipinski definition) is 6. The molecule has 0 aliphatic heterocycles. The molecule has 0 saturated carbocycles. The smallest absolute Gasteiger partial charge is 0.272 e. The van der Waals surface area contributed by atoms with Crippen LogP contribution in [0.4, 0.5) is 5.69 Å². The van der Waals surface area contributed by atoms with Crippen molar-refractivity contribution in [1.82, 2.24) is 20.2 Å². The van der Waals surface area contributed by atoms with Gasteiger partial charge < -0.3 is 24.5 Å². The van der Waals surface area contributed by atoms with Crippen LogP contribution in [-0.4, -0.2) is 47.4 Å². The summed E-state index contributed by atoms with van der Waals surface area (Å²) in [7, 11) is 4.74. The standard InChI is InChI=1S/C21H21N5O4/c1-28-11-19-24-20(26-25-19)12-4-6-14(7-5-12)22-21(27)16-8-13-9-17(29-2)18(30-3)10-15(13)23-16/h4-10,23H,11H2,1-3H3,(H,22,27)(H,24,25,26). The minimum absolute atomic E-state index is 0.253. The molecule has 0 unspecified atom stereocenters. The number of carbonyl (C=O) groups is 1. The summed E-state index contributed by atoms with van der Waals surface area (Å²) < 4.78 is 15.7. The summed E-state index contributed by atoms with van der Waals surface area (Å²) in [5.41, 5.74) is 2.70. The lowest BCUT2D eigenvalue weighted by Crippen LogP contribution is -2.12. The van der Waals surface area contributed by atoms with Crippen molar-refractivity contribution >= 4 is 22.5 Å². The lowest BCUT2D eigenvalue weighted by molar-refractivity contribution is 0.102. The van der Waals surface area contributed by atoms with Gasteiger partial charge in [-0.05, 0) is 36.4 Å². The normalized spacial score (nSPS) is 10.9.